The van der Waals surface area contributed by atoms with Crippen LogP contribution in [0, 0.1) is 0 Å². The highest BCUT2D eigenvalue weighted by atomic mass is 16.6. The molecule has 8 nitrogen and oxygen atoms in total. The Bertz CT molecular complexity index is 1020. The minimum atomic E-state index is -0.748. The summed E-state index contributed by atoms with van der Waals surface area (Å²) >= 11 is 0. The molecule has 0 saturated carbocycles. The van der Waals surface area contributed by atoms with Gasteiger partial charge in [0.15, 0.2) is 5.78 Å². The molecule has 3 rings (SSSR count). The molecule has 2 aromatic carbocycles. The van der Waals surface area contributed by atoms with E-state index in [1.165, 1.54) is 6.92 Å². The third-order valence-electron chi connectivity index (χ3n) is 3.78. The van der Waals surface area contributed by atoms with Gasteiger partial charge in [-0.15, -0.1) is 5.10 Å². The first-order chi connectivity index (χ1) is 13.5. The van der Waals surface area contributed by atoms with Gasteiger partial charge in [0, 0.05) is 5.56 Å². The Labute approximate surface area is 160 Å². The Kier molecular flexibility index (Phi) is 6.01. The Morgan fingerprint density at radius 1 is 1.04 bits per heavy atom. The van der Waals surface area contributed by atoms with Crippen molar-refractivity contribution in [2.75, 3.05) is 13.2 Å². The minimum Gasteiger partial charge on any atom is -0.489 e. The fraction of sp³-hybridized carbons (Fsp3) is 0.200. The number of carbonyl (C=O) groups is 2. The van der Waals surface area contributed by atoms with E-state index in [-0.39, 0.29) is 31.4 Å². The average molecular weight is 382 g/mol. The molecule has 1 aromatic heterocycles. The first-order valence-corrected chi connectivity index (χ1v) is 8.56. The molecule has 0 aliphatic carbocycles. The van der Waals surface area contributed by atoms with Crippen LogP contribution >= 0.6 is 0 Å². The molecular formula is C20H18N2O6. The minimum absolute atomic E-state index is 0.0385. The topological polar surface area (TPSA) is 101 Å². The first kappa shape index (κ1) is 19.1. The van der Waals surface area contributed by atoms with E-state index in [1.807, 2.05) is 6.07 Å². The van der Waals surface area contributed by atoms with Gasteiger partial charge >= 0.3 is 11.7 Å². The van der Waals surface area contributed by atoms with Crippen molar-refractivity contribution in [2.24, 2.45) is 0 Å². The van der Waals surface area contributed by atoms with Crippen LogP contribution in [0.15, 0.2) is 63.8 Å². The highest BCUT2D eigenvalue weighted by Gasteiger charge is 2.14. The summed E-state index contributed by atoms with van der Waals surface area (Å²) in [7, 11) is 0. The van der Waals surface area contributed by atoms with Crippen molar-refractivity contribution in [3.8, 4) is 17.2 Å². The van der Waals surface area contributed by atoms with Crippen molar-refractivity contribution in [1.82, 2.24) is 9.78 Å². The summed E-state index contributed by atoms with van der Waals surface area (Å²) in [5.74, 6) is -0.970. The highest BCUT2D eigenvalue weighted by molar-refractivity contribution is 5.96. The second-order valence-corrected chi connectivity index (χ2v) is 5.82. The number of para-hydroxylation sites is 1. The number of carbonyl (C=O) groups excluding carboxylic acids is 2. The van der Waals surface area contributed by atoms with E-state index >= 15 is 0 Å². The maximum Gasteiger partial charge on any atom is 0.437 e. The Balaban J connectivity index is 1.51. The van der Waals surface area contributed by atoms with E-state index in [1.54, 1.807) is 48.5 Å². The van der Waals surface area contributed by atoms with Gasteiger partial charge in [0.05, 0.1) is 5.56 Å². The third-order valence-corrected chi connectivity index (χ3v) is 3.78. The van der Waals surface area contributed by atoms with Gasteiger partial charge in [-0.05, 0) is 31.2 Å². The van der Waals surface area contributed by atoms with Gasteiger partial charge in [0.1, 0.15) is 25.5 Å². The second kappa shape index (κ2) is 8.81. The Hall–Kier alpha value is -3.68. The summed E-state index contributed by atoms with van der Waals surface area (Å²) < 4.78 is 16.5. The zero-order chi connectivity index (χ0) is 19.9. The average Bonchev–Trinajstić information content (AvgIpc) is 3.06. The van der Waals surface area contributed by atoms with Crippen molar-refractivity contribution in [2.45, 2.75) is 13.5 Å². The number of hydrogen-bond donors (Lipinski definition) is 0. The molecule has 0 spiro atoms. The van der Waals surface area contributed by atoms with Gasteiger partial charge in [-0.1, -0.05) is 30.3 Å². The number of hydrogen-bond acceptors (Lipinski definition) is 7. The molecule has 0 N–H and O–H groups in total. The van der Waals surface area contributed by atoms with Gasteiger partial charge in [0.25, 0.3) is 0 Å². The Morgan fingerprint density at radius 3 is 2.50 bits per heavy atom. The van der Waals surface area contributed by atoms with Gasteiger partial charge in [-0.25, -0.2) is 4.79 Å². The molecule has 0 saturated heterocycles. The number of aromatic nitrogens is 2. The SMILES string of the molecule is CC(=O)c1ccccc1OCCOC(=O)Cn1nc(-c2ccccc2)oc1=O. The van der Waals surface area contributed by atoms with E-state index < -0.39 is 11.7 Å². The summed E-state index contributed by atoms with van der Waals surface area (Å²) in [6, 6.07) is 15.7. The molecule has 0 amide bonds. The van der Waals surface area contributed by atoms with Crippen LogP contribution in [0.3, 0.4) is 0 Å². The van der Waals surface area contributed by atoms with Gasteiger partial charge in [0.2, 0.25) is 5.89 Å². The summed E-state index contributed by atoms with van der Waals surface area (Å²) in [5.41, 5.74) is 1.08. The number of ether oxygens (including phenoxy) is 2. The lowest BCUT2D eigenvalue weighted by molar-refractivity contribution is -0.145. The van der Waals surface area contributed by atoms with E-state index in [0.717, 1.165) is 4.68 Å². The molecule has 0 radical (unpaired) electrons. The number of rotatable bonds is 8. The van der Waals surface area contributed by atoms with Crippen molar-refractivity contribution >= 4 is 11.8 Å². The van der Waals surface area contributed by atoms with E-state index in [0.29, 0.717) is 16.9 Å². The lowest BCUT2D eigenvalue weighted by Crippen LogP contribution is -2.24. The van der Waals surface area contributed by atoms with Gasteiger partial charge in [-0.2, -0.15) is 4.68 Å². The quantitative estimate of drug-likeness (QED) is 0.335. The van der Waals surface area contributed by atoms with Crippen molar-refractivity contribution in [1.29, 1.82) is 0 Å². The van der Waals surface area contributed by atoms with Crippen LogP contribution in [-0.4, -0.2) is 34.7 Å². The molecule has 0 bridgehead atoms. The molecule has 0 atom stereocenters. The number of ketones is 1. The van der Waals surface area contributed by atoms with E-state index in [9.17, 15) is 14.4 Å². The molecule has 0 unspecified atom stereocenters. The molecule has 0 aliphatic rings. The Morgan fingerprint density at radius 2 is 1.75 bits per heavy atom. The molecule has 0 fully saturated rings. The standard InChI is InChI=1S/C20H18N2O6/c1-14(23)16-9-5-6-10-17(16)26-11-12-27-18(24)13-22-20(25)28-19(21-22)15-7-3-2-4-8-15/h2-10H,11-13H2,1H3. The summed E-state index contributed by atoms with van der Waals surface area (Å²) in [5, 5.41) is 3.99. The van der Waals surface area contributed by atoms with Crippen LogP contribution < -0.4 is 10.5 Å². The fourth-order valence-electron chi connectivity index (χ4n) is 2.46. The van der Waals surface area contributed by atoms with Crippen molar-refractivity contribution in [3.63, 3.8) is 0 Å². The predicted molar refractivity (Wildman–Crippen MR) is 99.1 cm³/mol. The van der Waals surface area contributed by atoms with Crippen LogP contribution in [0.4, 0.5) is 0 Å². The molecule has 8 heteroatoms. The monoisotopic (exact) mass is 382 g/mol. The predicted octanol–water partition coefficient (Wildman–Crippen LogP) is 2.33. The number of Topliss-reactive ketones (excluding diaryl/α,β-unsaturated/α-hetero) is 1. The second-order valence-electron chi connectivity index (χ2n) is 5.82. The van der Waals surface area contributed by atoms with Crippen molar-refractivity contribution in [3.05, 3.63) is 70.7 Å². The molecular weight excluding hydrogens is 364 g/mol. The van der Waals surface area contributed by atoms with Crippen LogP contribution in [0.2, 0.25) is 0 Å². The van der Waals surface area contributed by atoms with Gasteiger partial charge < -0.3 is 13.9 Å². The lowest BCUT2D eigenvalue weighted by Gasteiger charge is -2.09. The first-order valence-electron chi connectivity index (χ1n) is 8.56. The van der Waals surface area contributed by atoms with E-state index in [4.69, 9.17) is 13.9 Å². The molecule has 3 aromatic rings. The van der Waals surface area contributed by atoms with Crippen LogP contribution in [0.5, 0.6) is 5.75 Å². The maximum absolute atomic E-state index is 11.9. The normalized spacial score (nSPS) is 10.5. The molecule has 0 aliphatic heterocycles. The highest BCUT2D eigenvalue weighted by Crippen LogP contribution is 2.18. The smallest absolute Gasteiger partial charge is 0.437 e. The summed E-state index contributed by atoms with van der Waals surface area (Å²) in [6.07, 6.45) is 0. The molecule has 1 heterocycles. The number of esters is 1. The van der Waals surface area contributed by atoms with Crippen LogP contribution in [0.1, 0.15) is 17.3 Å². The third kappa shape index (κ3) is 4.73. The van der Waals surface area contributed by atoms with Crippen LogP contribution in [0.25, 0.3) is 11.5 Å². The maximum atomic E-state index is 11.9. The van der Waals surface area contributed by atoms with Crippen molar-refractivity contribution < 1.29 is 23.5 Å². The molecule has 144 valence electrons. The largest absolute Gasteiger partial charge is 0.489 e. The summed E-state index contributed by atoms with van der Waals surface area (Å²) in [4.78, 5) is 35.3. The number of nitrogens with zero attached hydrogens (tertiary/aromatic N) is 2. The molecule has 28 heavy (non-hydrogen) atoms. The lowest BCUT2D eigenvalue weighted by atomic mass is 10.1. The zero-order valence-corrected chi connectivity index (χ0v) is 15.2. The number of benzene rings is 2. The van der Waals surface area contributed by atoms with Crippen LogP contribution in [-0.2, 0) is 16.1 Å². The van der Waals surface area contributed by atoms with Gasteiger partial charge in [-0.3, -0.25) is 9.59 Å². The zero-order valence-electron chi connectivity index (χ0n) is 15.2. The fourth-order valence-corrected chi connectivity index (χ4v) is 2.46. The summed E-state index contributed by atoms with van der Waals surface area (Å²) in [6.45, 7) is 1.10. The van der Waals surface area contributed by atoms with E-state index in [2.05, 4.69) is 5.10 Å².